The first kappa shape index (κ1) is 14.5. The fraction of sp³-hybridized carbons (Fsp3) is 0.929. The van der Waals surface area contributed by atoms with Gasteiger partial charge in [-0.05, 0) is 30.6 Å². The Hall–Kier alpha value is -0.570. The summed E-state index contributed by atoms with van der Waals surface area (Å²) < 4.78 is 0. The second kappa shape index (κ2) is 5.85. The molecule has 1 aliphatic rings. The monoisotopic (exact) mass is 241 g/mol. The molecule has 0 spiro atoms. The summed E-state index contributed by atoms with van der Waals surface area (Å²) in [6.45, 7) is 8.58. The van der Waals surface area contributed by atoms with Crippen LogP contribution in [0.1, 0.15) is 53.4 Å². The van der Waals surface area contributed by atoms with E-state index in [0.717, 1.165) is 25.7 Å². The summed E-state index contributed by atoms with van der Waals surface area (Å²) in [5.74, 6) is 0.736. The van der Waals surface area contributed by atoms with Gasteiger partial charge in [0.2, 0.25) is 5.91 Å². The molecule has 3 nitrogen and oxygen atoms in total. The van der Waals surface area contributed by atoms with Crippen LogP contribution in [0.4, 0.5) is 0 Å². The van der Waals surface area contributed by atoms with Crippen LogP contribution in [0.5, 0.6) is 0 Å². The minimum atomic E-state index is -0.0844. The molecule has 1 rings (SSSR count). The number of aliphatic hydroxyl groups excluding tert-OH is 1. The van der Waals surface area contributed by atoms with Crippen LogP contribution in [-0.4, -0.2) is 23.7 Å². The van der Waals surface area contributed by atoms with Crippen molar-refractivity contribution < 1.29 is 9.90 Å². The highest BCUT2D eigenvalue weighted by atomic mass is 16.3. The van der Waals surface area contributed by atoms with Crippen LogP contribution in [-0.2, 0) is 4.79 Å². The van der Waals surface area contributed by atoms with E-state index in [4.69, 9.17) is 0 Å². The maximum absolute atomic E-state index is 12.2. The van der Waals surface area contributed by atoms with Gasteiger partial charge in [-0.15, -0.1) is 0 Å². The summed E-state index contributed by atoms with van der Waals surface area (Å²) in [6, 6.07) is -0.0844. The summed E-state index contributed by atoms with van der Waals surface area (Å²) in [7, 11) is 0. The van der Waals surface area contributed by atoms with Gasteiger partial charge in [0.25, 0.3) is 0 Å². The normalized spacial score (nSPS) is 24.9. The predicted octanol–water partition coefficient (Wildman–Crippen LogP) is 2.34. The van der Waals surface area contributed by atoms with E-state index in [1.54, 1.807) is 0 Å². The summed E-state index contributed by atoms with van der Waals surface area (Å²) in [6.07, 6.45) is 4.09. The lowest BCUT2D eigenvalue weighted by Gasteiger charge is -2.28. The van der Waals surface area contributed by atoms with Gasteiger partial charge in [-0.2, -0.15) is 0 Å². The number of hydrogen-bond donors (Lipinski definition) is 2. The molecule has 0 heterocycles. The molecule has 1 saturated carbocycles. The first-order chi connectivity index (χ1) is 7.86. The number of amides is 1. The van der Waals surface area contributed by atoms with Gasteiger partial charge in [0.1, 0.15) is 0 Å². The van der Waals surface area contributed by atoms with Crippen LogP contribution in [0.25, 0.3) is 0 Å². The fourth-order valence-electron chi connectivity index (χ4n) is 2.86. The summed E-state index contributed by atoms with van der Waals surface area (Å²) >= 11 is 0. The van der Waals surface area contributed by atoms with E-state index in [9.17, 15) is 9.90 Å². The molecule has 0 aromatic rings. The molecule has 2 N–H and O–H groups in total. The van der Waals surface area contributed by atoms with Crippen LogP contribution < -0.4 is 5.32 Å². The zero-order valence-corrected chi connectivity index (χ0v) is 11.6. The average molecular weight is 241 g/mol. The summed E-state index contributed by atoms with van der Waals surface area (Å²) in [5.41, 5.74) is 0.113. The van der Waals surface area contributed by atoms with Crippen LogP contribution >= 0.6 is 0 Å². The van der Waals surface area contributed by atoms with Gasteiger partial charge < -0.3 is 10.4 Å². The molecule has 100 valence electrons. The fourth-order valence-corrected chi connectivity index (χ4v) is 2.86. The van der Waals surface area contributed by atoms with E-state index in [2.05, 4.69) is 33.0 Å². The molecule has 3 heteroatoms. The van der Waals surface area contributed by atoms with Gasteiger partial charge in [0, 0.05) is 5.92 Å². The Morgan fingerprint density at radius 1 is 1.47 bits per heavy atom. The summed E-state index contributed by atoms with van der Waals surface area (Å²) in [5, 5.41) is 12.3. The number of aliphatic hydroxyl groups is 1. The molecule has 2 atom stereocenters. The zero-order chi connectivity index (χ0) is 13.1. The van der Waals surface area contributed by atoms with Crippen molar-refractivity contribution in [2.45, 2.75) is 59.4 Å². The molecular formula is C14H27NO2. The van der Waals surface area contributed by atoms with Crippen molar-refractivity contribution in [1.82, 2.24) is 5.32 Å². The standard InChI is InChI=1S/C14H27NO2/c1-10(2)8-11(9-16)15-13(17)12-6-5-7-14(12,3)4/h10-12,16H,5-9H2,1-4H3,(H,15,17). The van der Waals surface area contributed by atoms with Crippen molar-refractivity contribution in [3.63, 3.8) is 0 Å². The van der Waals surface area contributed by atoms with Gasteiger partial charge in [0.05, 0.1) is 12.6 Å². The molecule has 1 fully saturated rings. The Bertz CT molecular complexity index is 261. The first-order valence-corrected chi connectivity index (χ1v) is 6.78. The SMILES string of the molecule is CC(C)CC(CO)NC(=O)C1CCCC1(C)C. The van der Waals surface area contributed by atoms with E-state index >= 15 is 0 Å². The number of hydrogen-bond acceptors (Lipinski definition) is 2. The van der Waals surface area contributed by atoms with Crippen LogP contribution in [0, 0.1) is 17.3 Å². The average Bonchev–Trinajstić information content (AvgIpc) is 2.56. The quantitative estimate of drug-likeness (QED) is 0.776. The molecule has 17 heavy (non-hydrogen) atoms. The van der Waals surface area contributed by atoms with Crippen LogP contribution in [0.2, 0.25) is 0 Å². The lowest BCUT2D eigenvalue weighted by molar-refractivity contribution is -0.128. The third-order valence-corrected chi connectivity index (χ3v) is 3.90. The molecule has 1 aliphatic carbocycles. The molecule has 0 aromatic heterocycles. The Morgan fingerprint density at radius 2 is 2.12 bits per heavy atom. The lowest BCUT2D eigenvalue weighted by Crippen LogP contribution is -2.44. The van der Waals surface area contributed by atoms with Gasteiger partial charge in [-0.25, -0.2) is 0 Å². The molecule has 0 aromatic carbocycles. The van der Waals surface area contributed by atoms with E-state index in [1.807, 2.05) is 0 Å². The van der Waals surface area contributed by atoms with E-state index in [-0.39, 0.29) is 29.9 Å². The maximum atomic E-state index is 12.2. The number of nitrogens with one attached hydrogen (secondary N) is 1. The smallest absolute Gasteiger partial charge is 0.223 e. The minimum Gasteiger partial charge on any atom is -0.394 e. The largest absolute Gasteiger partial charge is 0.394 e. The molecule has 1 amide bonds. The Balaban J connectivity index is 2.52. The number of carbonyl (C=O) groups is 1. The molecule has 0 saturated heterocycles. The molecule has 0 bridgehead atoms. The first-order valence-electron chi connectivity index (χ1n) is 6.78. The van der Waals surface area contributed by atoms with Crippen molar-refractivity contribution >= 4 is 5.91 Å². The zero-order valence-electron chi connectivity index (χ0n) is 11.6. The maximum Gasteiger partial charge on any atom is 0.223 e. The highest BCUT2D eigenvalue weighted by Gasteiger charge is 2.39. The van der Waals surface area contributed by atoms with Gasteiger partial charge in [0.15, 0.2) is 0 Å². The van der Waals surface area contributed by atoms with Gasteiger partial charge in [-0.1, -0.05) is 34.1 Å². The highest BCUT2D eigenvalue weighted by Crippen LogP contribution is 2.42. The van der Waals surface area contributed by atoms with Crippen molar-refractivity contribution in [2.24, 2.45) is 17.3 Å². The molecular weight excluding hydrogens is 214 g/mol. The minimum absolute atomic E-state index is 0.0388. The molecule has 2 unspecified atom stereocenters. The topological polar surface area (TPSA) is 49.3 Å². The van der Waals surface area contributed by atoms with Crippen LogP contribution in [0.3, 0.4) is 0 Å². The van der Waals surface area contributed by atoms with E-state index in [0.29, 0.717) is 5.92 Å². The molecule has 0 aliphatic heterocycles. The van der Waals surface area contributed by atoms with Crippen molar-refractivity contribution in [3.8, 4) is 0 Å². The second-order valence-electron chi connectivity index (χ2n) is 6.45. The van der Waals surface area contributed by atoms with E-state index in [1.165, 1.54) is 0 Å². The Morgan fingerprint density at radius 3 is 2.53 bits per heavy atom. The summed E-state index contributed by atoms with van der Waals surface area (Å²) in [4.78, 5) is 12.2. The third-order valence-electron chi connectivity index (χ3n) is 3.90. The van der Waals surface area contributed by atoms with Crippen LogP contribution in [0.15, 0.2) is 0 Å². The predicted molar refractivity (Wildman–Crippen MR) is 69.6 cm³/mol. The lowest BCUT2D eigenvalue weighted by atomic mass is 9.81. The van der Waals surface area contributed by atoms with Crippen molar-refractivity contribution in [1.29, 1.82) is 0 Å². The molecule has 0 radical (unpaired) electrons. The van der Waals surface area contributed by atoms with Crippen molar-refractivity contribution in [3.05, 3.63) is 0 Å². The third kappa shape index (κ3) is 3.98. The second-order valence-corrected chi connectivity index (χ2v) is 6.45. The van der Waals surface area contributed by atoms with Gasteiger partial charge >= 0.3 is 0 Å². The number of carbonyl (C=O) groups excluding carboxylic acids is 1. The Kier molecular flexibility index (Phi) is 4.99. The highest BCUT2D eigenvalue weighted by molar-refractivity contribution is 5.80. The van der Waals surface area contributed by atoms with E-state index < -0.39 is 0 Å². The number of rotatable bonds is 5. The van der Waals surface area contributed by atoms with Gasteiger partial charge in [-0.3, -0.25) is 4.79 Å². The Labute approximate surface area is 105 Å². The van der Waals surface area contributed by atoms with Crippen molar-refractivity contribution in [2.75, 3.05) is 6.61 Å².